The number of rotatable bonds is 4. The van der Waals surface area contributed by atoms with Gasteiger partial charge in [-0.2, -0.15) is 5.10 Å². The molecule has 0 atom stereocenters. The van der Waals surface area contributed by atoms with Crippen molar-refractivity contribution in [2.24, 2.45) is 0 Å². The van der Waals surface area contributed by atoms with Crippen molar-refractivity contribution in [3.05, 3.63) is 62.9 Å². The molecule has 1 aliphatic rings. The van der Waals surface area contributed by atoms with Gasteiger partial charge in [0.1, 0.15) is 5.52 Å². The van der Waals surface area contributed by atoms with Crippen molar-refractivity contribution in [3.63, 3.8) is 0 Å². The predicted octanol–water partition coefficient (Wildman–Crippen LogP) is 6.85. The minimum atomic E-state index is 0.604. The molecule has 0 saturated heterocycles. The second-order valence-electron chi connectivity index (χ2n) is 7.67. The maximum absolute atomic E-state index is 6.62. The van der Waals surface area contributed by atoms with Crippen LogP contribution in [-0.2, 0) is 19.4 Å². The summed E-state index contributed by atoms with van der Waals surface area (Å²) in [6, 6.07) is 11.7. The quantitative estimate of drug-likeness (QED) is 0.325. The van der Waals surface area contributed by atoms with Crippen LogP contribution < -0.4 is 4.90 Å². The van der Waals surface area contributed by atoms with Gasteiger partial charge >= 0.3 is 0 Å². The highest BCUT2D eigenvalue weighted by atomic mass is 35.5. The van der Waals surface area contributed by atoms with Crippen LogP contribution in [0.3, 0.4) is 0 Å². The SMILES string of the molecule is CCc1cc(CC)n(-c2ccc(Cl)c3nc4n(c23)CCCN4c2ccc(Cl)cc2Cl)n1. The lowest BCUT2D eigenvalue weighted by atomic mass is 10.2. The molecular weight excluding hydrogens is 453 g/mol. The number of nitrogens with zero attached hydrogens (tertiary/aromatic N) is 5. The maximum atomic E-state index is 6.62. The first-order chi connectivity index (χ1) is 15.0. The standard InChI is InChI=1S/C23H22Cl3N5/c1-3-15-13-16(4-2)31(28-15)20-9-7-17(25)21-22(20)30-11-5-10-29(23(30)27-21)19-8-6-14(24)12-18(19)26/h6-9,12-13H,3-5,10-11H2,1-2H3. The first-order valence-electron chi connectivity index (χ1n) is 10.5. The van der Waals surface area contributed by atoms with Crippen LogP contribution in [0.25, 0.3) is 16.7 Å². The first-order valence-corrected chi connectivity index (χ1v) is 11.6. The lowest BCUT2D eigenvalue weighted by molar-refractivity contribution is 0.602. The van der Waals surface area contributed by atoms with Crippen molar-refractivity contribution in [1.82, 2.24) is 19.3 Å². The van der Waals surface area contributed by atoms with Gasteiger partial charge in [-0.15, -0.1) is 0 Å². The summed E-state index contributed by atoms with van der Waals surface area (Å²) in [6.45, 7) is 5.94. The molecule has 0 unspecified atom stereocenters. The zero-order chi connectivity index (χ0) is 21.7. The molecule has 5 rings (SSSR count). The van der Waals surface area contributed by atoms with Crippen LogP contribution in [-0.4, -0.2) is 25.9 Å². The second-order valence-corrected chi connectivity index (χ2v) is 8.92. The molecule has 0 saturated carbocycles. The average molecular weight is 475 g/mol. The number of hydrogen-bond acceptors (Lipinski definition) is 3. The molecule has 31 heavy (non-hydrogen) atoms. The van der Waals surface area contributed by atoms with E-state index in [0.717, 1.165) is 66.4 Å². The topological polar surface area (TPSA) is 38.9 Å². The number of imidazole rings is 1. The molecule has 2 aromatic carbocycles. The van der Waals surface area contributed by atoms with Crippen LogP contribution in [0.1, 0.15) is 31.7 Å². The number of aromatic nitrogens is 4. The molecule has 0 spiro atoms. The van der Waals surface area contributed by atoms with E-state index >= 15 is 0 Å². The zero-order valence-corrected chi connectivity index (χ0v) is 19.6. The fourth-order valence-electron chi connectivity index (χ4n) is 4.29. The third-order valence-corrected chi connectivity index (χ3v) is 6.64. The Balaban J connectivity index is 1.75. The summed E-state index contributed by atoms with van der Waals surface area (Å²) in [4.78, 5) is 7.11. The highest BCUT2D eigenvalue weighted by Gasteiger charge is 2.27. The molecule has 1 aliphatic heterocycles. The van der Waals surface area contributed by atoms with E-state index in [0.29, 0.717) is 15.1 Å². The van der Waals surface area contributed by atoms with E-state index in [2.05, 4.69) is 29.4 Å². The Kier molecular flexibility index (Phi) is 5.37. The van der Waals surface area contributed by atoms with Gasteiger partial charge in [0.15, 0.2) is 0 Å². The van der Waals surface area contributed by atoms with Crippen LogP contribution in [0, 0.1) is 0 Å². The highest BCUT2D eigenvalue weighted by molar-refractivity contribution is 6.36. The van der Waals surface area contributed by atoms with E-state index in [1.165, 1.54) is 5.69 Å². The number of fused-ring (bicyclic) bond motifs is 3. The summed E-state index contributed by atoms with van der Waals surface area (Å²) in [5.41, 5.74) is 5.91. The fourth-order valence-corrected chi connectivity index (χ4v) is 4.99. The third-order valence-electron chi connectivity index (χ3n) is 5.80. The number of benzene rings is 2. The van der Waals surface area contributed by atoms with Crippen molar-refractivity contribution < 1.29 is 0 Å². The normalized spacial score (nSPS) is 13.8. The van der Waals surface area contributed by atoms with Gasteiger partial charge in [0, 0.05) is 23.8 Å². The molecule has 160 valence electrons. The summed E-state index contributed by atoms with van der Waals surface area (Å²) in [5.74, 6) is 0.834. The van der Waals surface area contributed by atoms with E-state index in [4.69, 9.17) is 44.9 Å². The van der Waals surface area contributed by atoms with Crippen molar-refractivity contribution in [2.75, 3.05) is 11.4 Å². The van der Waals surface area contributed by atoms with Gasteiger partial charge in [-0.3, -0.25) is 0 Å². The van der Waals surface area contributed by atoms with E-state index in [1.807, 2.05) is 28.9 Å². The van der Waals surface area contributed by atoms with Crippen molar-refractivity contribution in [2.45, 2.75) is 39.7 Å². The molecule has 0 amide bonds. The third kappa shape index (κ3) is 3.39. The number of halogens is 3. The Labute approximate surface area is 196 Å². The van der Waals surface area contributed by atoms with Crippen LogP contribution in [0.4, 0.5) is 11.6 Å². The Morgan fingerprint density at radius 2 is 1.71 bits per heavy atom. The Morgan fingerprint density at radius 1 is 0.903 bits per heavy atom. The molecule has 3 heterocycles. The van der Waals surface area contributed by atoms with E-state index in [1.54, 1.807) is 6.07 Å². The van der Waals surface area contributed by atoms with Crippen LogP contribution >= 0.6 is 34.8 Å². The number of hydrogen-bond donors (Lipinski definition) is 0. The molecule has 0 fully saturated rings. The molecular formula is C23H22Cl3N5. The summed E-state index contributed by atoms with van der Waals surface area (Å²) >= 11 is 19.3. The summed E-state index contributed by atoms with van der Waals surface area (Å²) in [6.07, 6.45) is 2.75. The van der Waals surface area contributed by atoms with Gasteiger partial charge < -0.3 is 9.47 Å². The van der Waals surface area contributed by atoms with E-state index in [-0.39, 0.29) is 0 Å². The summed E-state index contributed by atoms with van der Waals surface area (Å²) in [5, 5.41) is 6.71. The number of aryl methyl sites for hydroxylation is 3. The first kappa shape index (κ1) is 20.7. The second kappa shape index (κ2) is 8.05. The molecule has 0 radical (unpaired) electrons. The molecule has 4 aromatic rings. The van der Waals surface area contributed by atoms with Gasteiger partial charge in [0.25, 0.3) is 0 Å². The van der Waals surface area contributed by atoms with Crippen molar-refractivity contribution in [3.8, 4) is 5.69 Å². The fraction of sp³-hybridized carbons (Fsp3) is 0.304. The molecule has 0 bridgehead atoms. The smallest absolute Gasteiger partial charge is 0.211 e. The van der Waals surface area contributed by atoms with Crippen molar-refractivity contribution in [1.29, 1.82) is 0 Å². The average Bonchev–Trinajstić information content (AvgIpc) is 3.36. The largest absolute Gasteiger partial charge is 0.310 e. The number of anilines is 2. The van der Waals surface area contributed by atoms with Gasteiger partial charge in [-0.05, 0) is 55.7 Å². The monoisotopic (exact) mass is 473 g/mol. The van der Waals surface area contributed by atoms with Crippen LogP contribution in [0.5, 0.6) is 0 Å². The molecule has 0 aliphatic carbocycles. The lowest BCUT2D eigenvalue weighted by Gasteiger charge is -2.30. The van der Waals surface area contributed by atoms with Gasteiger partial charge in [-0.1, -0.05) is 48.7 Å². The maximum Gasteiger partial charge on any atom is 0.211 e. The van der Waals surface area contributed by atoms with Crippen LogP contribution in [0.2, 0.25) is 15.1 Å². The zero-order valence-electron chi connectivity index (χ0n) is 17.4. The Bertz CT molecular complexity index is 1290. The van der Waals surface area contributed by atoms with Crippen LogP contribution in [0.15, 0.2) is 36.4 Å². The van der Waals surface area contributed by atoms with Gasteiger partial charge in [0.2, 0.25) is 5.95 Å². The highest BCUT2D eigenvalue weighted by Crippen LogP contribution is 2.40. The predicted molar refractivity (Wildman–Crippen MR) is 129 cm³/mol. The summed E-state index contributed by atoms with van der Waals surface area (Å²) in [7, 11) is 0. The molecule has 0 N–H and O–H groups in total. The molecule has 5 nitrogen and oxygen atoms in total. The van der Waals surface area contributed by atoms with Gasteiger partial charge in [-0.25, -0.2) is 9.67 Å². The minimum Gasteiger partial charge on any atom is -0.310 e. The molecule has 8 heteroatoms. The summed E-state index contributed by atoms with van der Waals surface area (Å²) < 4.78 is 4.28. The van der Waals surface area contributed by atoms with Crippen molar-refractivity contribution >= 4 is 57.5 Å². The van der Waals surface area contributed by atoms with Gasteiger partial charge in [0.05, 0.1) is 32.6 Å². The lowest BCUT2D eigenvalue weighted by Crippen LogP contribution is -2.28. The Morgan fingerprint density at radius 3 is 2.45 bits per heavy atom. The Hall–Kier alpha value is -2.21. The van der Waals surface area contributed by atoms with E-state index < -0.39 is 0 Å². The van der Waals surface area contributed by atoms with E-state index in [9.17, 15) is 0 Å². The minimum absolute atomic E-state index is 0.604. The molecule has 2 aromatic heterocycles.